The second-order valence-electron chi connectivity index (χ2n) is 3.96. The maximum atomic E-state index is 11.8. The standard InChI is InChI=1S/C10H9F3N4O5/c11-10(12,13)5-14-9(20)15-7(18)4-16-3-6(17(21)22)1-2-8(16)19/h1-3H,4-5H2,(H2,14,15,18,20). The van der Waals surface area contributed by atoms with Gasteiger partial charge in [0.05, 0.1) is 11.1 Å². The lowest BCUT2D eigenvalue weighted by molar-refractivity contribution is -0.385. The number of aromatic nitrogens is 1. The first-order valence-corrected chi connectivity index (χ1v) is 5.58. The van der Waals surface area contributed by atoms with Crippen molar-refractivity contribution in [3.8, 4) is 0 Å². The Balaban J connectivity index is 2.66. The van der Waals surface area contributed by atoms with Gasteiger partial charge >= 0.3 is 12.2 Å². The number of nitrogens with zero attached hydrogens (tertiary/aromatic N) is 2. The zero-order valence-electron chi connectivity index (χ0n) is 10.7. The molecule has 9 nitrogen and oxygen atoms in total. The Hall–Kier alpha value is -2.92. The SMILES string of the molecule is O=C(Cn1cc([N+](=O)[O-])ccc1=O)NC(=O)NCC(F)(F)F. The van der Waals surface area contributed by atoms with Crippen LogP contribution in [-0.4, -0.2) is 34.1 Å². The molecule has 1 aromatic rings. The second kappa shape index (κ2) is 6.69. The van der Waals surface area contributed by atoms with E-state index < -0.39 is 47.4 Å². The largest absolute Gasteiger partial charge is 0.405 e. The van der Waals surface area contributed by atoms with Gasteiger partial charge in [0.25, 0.3) is 11.2 Å². The van der Waals surface area contributed by atoms with Gasteiger partial charge in [0.2, 0.25) is 5.91 Å². The Morgan fingerprint density at radius 1 is 1.32 bits per heavy atom. The first-order valence-electron chi connectivity index (χ1n) is 5.58. The third kappa shape index (κ3) is 5.60. The minimum Gasteiger partial charge on any atom is -0.329 e. The lowest BCUT2D eigenvalue weighted by atomic mass is 10.4. The van der Waals surface area contributed by atoms with Crippen molar-refractivity contribution in [1.29, 1.82) is 0 Å². The molecule has 12 heteroatoms. The van der Waals surface area contributed by atoms with Crippen LogP contribution < -0.4 is 16.2 Å². The predicted octanol–water partition coefficient (Wildman–Crippen LogP) is 0.145. The van der Waals surface area contributed by atoms with Crippen molar-refractivity contribution in [2.75, 3.05) is 6.54 Å². The summed E-state index contributed by atoms with van der Waals surface area (Å²) in [7, 11) is 0. The number of halogens is 3. The highest BCUT2D eigenvalue weighted by molar-refractivity contribution is 5.94. The van der Waals surface area contributed by atoms with E-state index in [9.17, 15) is 37.7 Å². The number of alkyl halides is 3. The van der Waals surface area contributed by atoms with Crippen LogP contribution >= 0.6 is 0 Å². The quantitative estimate of drug-likeness (QED) is 0.603. The molecule has 3 amide bonds. The number of amides is 3. The maximum absolute atomic E-state index is 11.8. The summed E-state index contributed by atoms with van der Waals surface area (Å²) in [6.07, 6.45) is -3.87. The number of nitro groups is 1. The number of rotatable bonds is 4. The fourth-order valence-corrected chi connectivity index (χ4v) is 1.30. The first kappa shape index (κ1) is 17.1. The van der Waals surface area contributed by atoms with Crippen molar-refractivity contribution in [2.45, 2.75) is 12.7 Å². The minimum atomic E-state index is -4.64. The van der Waals surface area contributed by atoms with E-state index in [2.05, 4.69) is 0 Å². The summed E-state index contributed by atoms with van der Waals surface area (Å²) in [5, 5.41) is 13.5. The number of carbonyl (C=O) groups is 2. The molecule has 0 radical (unpaired) electrons. The molecule has 0 bridgehead atoms. The highest BCUT2D eigenvalue weighted by Crippen LogP contribution is 2.11. The fourth-order valence-electron chi connectivity index (χ4n) is 1.30. The first-order chi connectivity index (χ1) is 10.1. The highest BCUT2D eigenvalue weighted by atomic mass is 19.4. The molecule has 120 valence electrons. The Morgan fingerprint density at radius 3 is 2.50 bits per heavy atom. The van der Waals surface area contributed by atoms with Crippen LogP contribution in [0.4, 0.5) is 23.7 Å². The molecule has 0 aromatic carbocycles. The number of hydrogen-bond donors (Lipinski definition) is 2. The van der Waals surface area contributed by atoms with E-state index in [1.165, 1.54) is 5.32 Å². The van der Waals surface area contributed by atoms with Crippen LogP contribution in [0.25, 0.3) is 0 Å². The minimum absolute atomic E-state index is 0.464. The monoisotopic (exact) mass is 322 g/mol. The molecule has 2 N–H and O–H groups in total. The van der Waals surface area contributed by atoms with Crippen molar-refractivity contribution in [3.63, 3.8) is 0 Å². The predicted molar refractivity (Wildman–Crippen MR) is 65.0 cm³/mol. The van der Waals surface area contributed by atoms with Gasteiger partial charge in [-0.15, -0.1) is 0 Å². The molecular formula is C10H9F3N4O5. The summed E-state index contributed by atoms with van der Waals surface area (Å²) in [6.45, 7) is -2.40. The molecule has 0 saturated heterocycles. The Labute approximate surface area is 119 Å². The fraction of sp³-hybridized carbons (Fsp3) is 0.300. The van der Waals surface area contributed by atoms with Gasteiger partial charge in [-0.1, -0.05) is 0 Å². The average Bonchev–Trinajstić information content (AvgIpc) is 2.38. The third-order valence-electron chi connectivity index (χ3n) is 2.19. The van der Waals surface area contributed by atoms with Crippen LogP contribution in [0, 0.1) is 10.1 Å². The topological polar surface area (TPSA) is 123 Å². The number of urea groups is 1. The molecule has 0 aliphatic rings. The molecule has 1 rings (SSSR count). The van der Waals surface area contributed by atoms with Gasteiger partial charge in [0, 0.05) is 12.1 Å². The molecular weight excluding hydrogens is 313 g/mol. The van der Waals surface area contributed by atoms with Crippen LogP contribution in [0.3, 0.4) is 0 Å². The van der Waals surface area contributed by atoms with E-state index in [4.69, 9.17) is 0 Å². The van der Waals surface area contributed by atoms with E-state index in [1.54, 1.807) is 5.32 Å². The van der Waals surface area contributed by atoms with Crippen molar-refractivity contribution >= 4 is 17.6 Å². The molecule has 0 saturated carbocycles. The second-order valence-corrected chi connectivity index (χ2v) is 3.96. The number of pyridine rings is 1. The summed E-state index contributed by atoms with van der Waals surface area (Å²) < 4.78 is 36.2. The summed E-state index contributed by atoms with van der Waals surface area (Å²) >= 11 is 0. The van der Waals surface area contributed by atoms with Crippen molar-refractivity contribution in [3.05, 3.63) is 38.8 Å². The van der Waals surface area contributed by atoms with Crippen molar-refractivity contribution in [1.82, 2.24) is 15.2 Å². The third-order valence-corrected chi connectivity index (χ3v) is 2.19. The van der Waals surface area contributed by atoms with E-state index in [0.717, 1.165) is 18.3 Å². The zero-order valence-corrected chi connectivity index (χ0v) is 10.7. The van der Waals surface area contributed by atoms with Crippen LogP contribution in [0.2, 0.25) is 0 Å². The number of hydrogen-bond acceptors (Lipinski definition) is 5. The van der Waals surface area contributed by atoms with Gasteiger partial charge in [-0.25, -0.2) is 4.79 Å². The maximum Gasteiger partial charge on any atom is 0.405 e. The normalized spacial score (nSPS) is 10.9. The summed E-state index contributed by atoms with van der Waals surface area (Å²) in [5.74, 6) is -1.11. The Bertz CT molecular complexity index is 655. The van der Waals surface area contributed by atoms with Gasteiger partial charge in [0.1, 0.15) is 13.1 Å². The molecule has 0 unspecified atom stereocenters. The lowest BCUT2D eigenvalue weighted by Crippen LogP contribution is -2.45. The molecule has 0 aliphatic carbocycles. The van der Waals surface area contributed by atoms with E-state index in [0.29, 0.717) is 4.57 Å². The van der Waals surface area contributed by atoms with E-state index in [1.807, 2.05) is 0 Å². The van der Waals surface area contributed by atoms with Crippen LogP contribution in [0.15, 0.2) is 23.1 Å². The molecule has 22 heavy (non-hydrogen) atoms. The Morgan fingerprint density at radius 2 is 1.95 bits per heavy atom. The van der Waals surface area contributed by atoms with Crippen LogP contribution in [-0.2, 0) is 11.3 Å². The summed E-state index contributed by atoms with van der Waals surface area (Å²) in [4.78, 5) is 43.5. The summed E-state index contributed by atoms with van der Waals surface area (Å²) in [6, 6.07) is 0.364. The van der Waals surface area contributed by atoms with Gasteiger partial charge in [-0.05, 0) is 0 Å². The molecule has 0 fully saturated rings. The lowest BCUT2D eigenvalue weighted by Gasteiger charge is -2.09. The number of nitrogens with one attached hydrogen (secondary N) is 2. The highest BCUT2D eigenvalue weighted by Gasteiger charge is 2.28. The molecule has 1 aromatic heterocycles. The van der Waals surface area contributed by atoms with Gasteiger partial charge in [0.15, 0.2) is 0 Å². The molecule has 0 aliphatic heterocycles. The van der Waals surface area contributed by atoms with E-state index in [-0.39, 0.29) is 0 Å². The molecule has 1 heterocycles. The van der Waals surface area contributed by atoms with Crippen LogP contribution in [0.5, 0.6) is 0 Å². The van der Waals surface area contributed by atoms with Gasteiger partial charge in [-0.2, -0.15) is 13.2 Å². The summed E-state index contributed by atoms with van der Waals surface area (Å²) in [5.41, 5.74) is -1.22. The molecule has 0 spiro atoms. The number of imide groups is 1. The van der Waals surface area contributed by atoms with Crippen molar-refractivity contribution in [2.24, 2.45) is 0 Å². The Kier molecular flexibility index (Phi) is 5.21. The van der Waals surface area contributed by atoms with Crippen LogP contribution in [0.1, 0.15) is 0 Å². The van der Waals surface area contributed by atoms with Crippen molar-refractivity contribution < 1.29 is 27.7 Å². The average molecular weight is 322 g/mol. The zero-order chi connectivity index (χ0) is 16.9. The van der Waals surface area contributed by atoms with Gasteiger partial charge < -0.3 is 5.32 Å². The molecule has 0 atom stereocenters. The smallest absolute Gasteiger partial charge is 0.329 e. The van der Waals surface area contributed by atoms with Gasteiger partial charge in [-0.3, -0.25) is 29.6 Å². The van der Waals surface area contributed by atoms with E-state index >= 15 is 0 Å². The number of carbonyl (C=O) groups excluding carboxylic acids is 2.